The van der Waals surface area contributed by atoms with E-state index in [1.807, 2.05) is 7.05 Å². The number of ether oxygens (including phenoxy) is 1. The normalized spacial score (nSPS) is 24.6. The Balaban J connectivity index is 2.41. The van der Waals surface area contributed by atoms with Crippen LogP contribution in [0.4, 0.5) is 4.79 Å². The number of likely N-dealkylation sites (N-methyl/N-ethyl adjacent to an activating group) is 1. The molecule has 0 spiro atoms. The second-order valence-corrected chi connectivity index (χ2v) is 4.85. The maximum absolute atomic E-state index is 11.8. The molecule has 3 N–H and O–H groups in total. The summed E-state index contributed by atoms with van der Waals surface area (Å²) in [5.74, 6) is -0.397. The zero-order chi connectivity index (χ0) is 14.3. The van der Waals surface area contributed by atoms with Crippen LogP contribution in [0.3, 0.4) is 0 Å². The molecule has 0 aliphatic heterocycles. The molecule has 6 nitrogen and oxygen atoms in total. The van der Waals surface area contributed by atoms with Crippen molar-refractivity contribution in [3.63, 3.8) is 0 Å². The molecule has 1 fully saturated rings. The fourth-order valence-electron chi connectivity index (χ4n) is 2.33. The van der Waals surface area contributed by atoms with Crippen molar-refractivity contribution in [2.45, 2.75) is 57.8 Å². The minimum Gasteiger partial charge on any atom is -0.364 e. The minimum absolute atomic E-state index is 0.0359. The van der Waals surface area contributed by atoms with E-state index in [0.29, 0.717) is 6.54 Å². The Hall–Kier alpha value is -1.14. The Morgan fingerprint density at radius 2 is 2.00 bits per heavy atom. The summed E-state index contributed by atoms with van der Waals surface area (Å²) in [7, 11) is 1.91. The lowest BCUT2D eigenvalue weighted by molar-refractivity contribution is -0.136. The SMILES string of the molecule is CCNC(=O)NC(=O)C(C)OC1CCCCC1NC. The van der Waals surface area contributed by atoms with Crippen LogP contribution < -0.4 is 16.0 Å². The van der Waals surface area contributed by atoms with Crippen molar-refractivity contribution < 1.29 is 14.3 Å². The van der Waals surface area contributed by atoms with Gasteiger partial charge in [0.1, 0.15) is 6.10 Å². The molecular weight excluding hydrogens is 246 g/mol. The first-order valence-electron chi connectivity index (χ1n) is 6.99. The molecule has 0 heterocycles. The number of hydrogen-bond acceptors (Lipinski definition) is 4. The van der Waals surface area contributed by atoms with Gasteiger partial charge in [0, 0.05) is 12.6 Å². The smallest absolute Gasteiger partial charge is 0.321 e. The summed E-state index contributed by atoms with van der Waals surface area (Å²) in [6.07, 6.45) is 3.73. The predicted octanol–water partition coefficient (Wildman–Crippen LogP) is 0.768. The highest BCUT2D eigenvalue weighted by Gasteiger charge is 2.28. The van der Waals surface area contributed by atoms with E-state index in [0.717, 1.165) is 19.3 Å². The van der Waals surface area contributed by atoms with Crippen LogP contribution in [0.1, 0.15) is 39.5 Å². The summed E-state index contributed by atoms with van der Waals surface area (Å²) >= 11 is 0. The van der Waals surface area contributed by atoms with Crippen LogP contribution in [0.5, 0.6) is 0 Å². The molecule has 1 aliphatic rings. The van der Waals surface area contributed by atoms with Gasteiger partial charge in [-0.05, 0) is 33.7 Å². The van der Waals surface area contributed by atoms with Crippen molar-refractivity contribution in [1.29, 1.82) is 0 Å². The molecule has 0 saturated heterocycles. The van der Waals surface area contributed by atoms with Crippen molar-refractivity contribution in [3.05, 3.63) is 0 Å². The molecule has 0 aromatic heterocycles. The summed E-state index contributed by atoms with van der Waals surface area (Å²) in [6.45, 7) is 3.96. The van der Waals surface area contributed by atoms with Gasteiger partial charge >= 0.3 is 6.03 Å². The van der Waals surface area contributed by atoms with Gasteiger partial charge in [-0.2, -0.15) is 0 Å². The van der Waals surface area contributed by atoms with Crippen LogP contribution >= 0.6 is 0 Å². The number of carbonyl (C=O) groups is 2. The monoisotopic (exact) mass is 271 g/mol. The molecule has 0 aromatic carbocycles. The summed E-state index contributed by atoms with van der Waals surface area (Å²) in [5, 5.41) is 8.01. The first-order chi connectivity index (χ1) is 9.08. The standard InChI is InChI=1S/C13H25N3O3/c1-4-15-13(18)16-12(17)9(2)19-11-8-6-5-7-10(11)14-3/h9-11,14H,4-8H2,1-3H3,(H2,15,16,17,18). The van der Waals surface area contributed by atoms with Gasteiger partial charge in [-0.3, -0.25) is 10.1 Å². The minimum atomic E-state index is -0.624. The zero-order valence-electron chi connectivity index (χ0n) is 12.0. The molecule has 1 aliphatic carbocycles. The highest BCUT2D eigenvalue weighted by Crippen LogP contribution is 2.22. The van der Waals surface area contributed by atoms with Crippen molar-refractivity contribution in [2.75, 3.05) is 13.6 Å². The van der Waals surface area contributed by atoms with Gasteiger partial charge in [0.25, 0.3) is 5.91 Å². The van der Waals surface area contributed by atoms with Gasteiger partial charge in [-0.25, -0.2) is 4.79 Å². The van der Waals surface area contributed by atoms with E-state index in [2.05, 4.69) is 16.0 Å². The van der Waals surface area contributed by atoms with E-state index in [1.165, 1.54) is 6.42 Å². The number of urea groups is 1. The fraction of sp³-hybridized carbons (Fsp3) is 0.846. The molecule has 3 atom stereocenters. The first-order valence-corrected chi connectivity index (χ1v) is 6.99. The lowest BCUT2D eigenvalue weighted by atomic mass is 9.92. The van der Waals surface area contributed by atoms with Gasteiger partial charge in [-0.1, -0.05) is 12.8 Å². The molecule has 0 bridgehead atoms. The van der Waals surface area contributed by atoms with Gasteiger partial charge in [0.15, 0.2) is 0 Å². The molecule has 0 radical (unpaired) electrons. The number of nitrogens with one attached hydrogen (secondary N) is 3. The number of amides is 3. The van der Waals surface area contributed by atoms with Crippen molar-refractivity contribution in [2.24, 2.45) is 0 Å². The quantitative estimate of drug-likeness (QED) is 0.690. The van der Waals surface area contributed by atoms with Crippen LogP contribution in [0.15, 0.2) is 0 Å². The van der Waals surface area contributed by atoms with Gasteiger partial charge in [0.2, 0.25) is 0 Å². The maximum atomic E-state index is 11.8. The average Bonchev–Trinajstić information content (AvgIpc) is 2.39. The number of rotatable bonds is 5. The van der Waals surface area contributed by atoms with Crippen molar-refractivity contribution >= 4 is 11.9 Å². The number of carbonyl (C=O) groups excluding carboxylic acids is 2. The lowest BCUT2D eigenvalue weighted by Crippen LogP contribution is -2.48. The third-order valence-electron chi connectivity index (χ3n) is 3.40. The third-order valence-corrected chi connectivity index (χ3v) is 3.40. The van der Waals surface area contributed by atoms with E-state index < -0.39 is 18.0 Å². The highest BCUT2D eigenvalue weighted by atomic mass is 16.5. The molecule has 1 saturated carbocycles. The molecule has 6 heteroatoms. The van der Waals surface area contributed by atoms with Crippen LogP contribution in [-0.2, 0) is 9.53 Å². The highest BCUT2D eigenvalue weighted by molar-refractivity contribution is 5.96. The van der Waals surface area contributed by atoms with Gasteiger partial charge in [-0.15, -0.1) is 0 Å². The topological polar surface area (TPSA) is 79.5 Å². The molecule has 110 valence electrons. The van der Waals surface area contributed by atoms with E-state index >= 15 is 0 Å². The van der Waals surface area contributed by atoms with Crippen molar-refractivity contribution in [1.82, 2.24) is 16.0 Å². The lowest BCUT2D eigenvalue weighted by Gasteiger charge is -2.32. The first kappa shape index (κ1) is 15.9. The Bertz CT molecular complexity index is 310. The van der Waals surface area contributed by atoms with Crippen LogP contribution in [0.2, 0.25) is 0 Å². The number of hydrogen-bond donors (Lipinski definition) is 3. The zero-order valence-corrected chi connectivity index (χ0v) is 12.0. The largest absolute Gasteiger partial charge is 0.364 e. The average molecular weight is 271 g/mol. The third kappa shape index (κ3) is 5.16. The van der Waals surface area contributed by atoms with E-state index in [-0.39, 0.29) is 12.1 Å². The Morgan fingerprint density at radius 3 is 2.63 bits per heavy atom. The summed E-state index contributed by atoms with van der Waals surface area (Å²) < 4.78 is 5.78. The summed E-state index contributed by atoms with van der Waals surface area (Å²) in [5.41, 5.74) is 0. The maximum Gasteiger partial charge on any atom is 0.321 e. The summed E-state index contributed by atoms with van der Waals surface area (Å²) in [6, 6.07) is -0.190. The Kier molecular flexibility index (Phi) is 6.80. The van der Waals surface area contributed by atoms with Crippen LogP contribution in [0.25, 0.3) is 0 Å². The van der Waals surface area contributed by atoms with Gasteiger partial charge < -0.3 is 15.4 Å². The van der Waals surface area contributed by atoms with Crippen LogP contribution in [0, 0.1) is 0 Å². The summed E-state index contributed by atoms with van der Waals surface area (Å²) in [4.78, 5) is 23.0. The molecule has 1 rings (SSSR count). The molecular formula is C13H25N3O3. The van der Waals surface area contributed by atoms with Crippen LogP contribution in [-0.4, -0.2) is 43.8 Å². The Morgan fingerprint density at radius 1 is 1.32 bits per heavy atom. The van der Waals surface area contributed by atoms with E-state index in [9.17, 15) is 9.59 Å². The van der Waals surface area contributed by atoms with Gasteiger partial charge in [0.05, 0.1) is 6.10 Å². The fourth-order valence-corrected chi connectivity index (χ4v) is 2.33. The predicted molar refractivity (Wildman–Crippen MR) is 72.9 cm³/mol. The second kappa shape index (κ2) is 8.12. The Labute approximate surface area is 114 Å². The second-order valence-electron chi connectivity index (χ2n) is 4.85. The molecule has 3 unspecified atom stereocenters. The van der Waals surface area contributed by atoms with Crippen molar-refractivity contribution in [3.8, 4) is 0 Å². The van der Waals surface area contributed by atoms with E-state index in [1.54, 1.807) is 13.8 Å². The molecule has 19 heavy (non-hydrogen) atoms. The molecule has 3 amide bonds. The number of imide groups is 1. The molecule has 0 aromatic rings. The van der Waals surface area contributed by atoms with E-state index in [4.69, 9.17) is 4.74 Å².